The van der Waals surface area contributed by atoms with Crippen molar-refractivity contribution in [2.45, 2.75) is 11.4 Å². The minimum absolute atomic E-state index is 0.0668. The van der Waals surface area contributed by atoms with E-state index >= 15 is 0 Å². The molecule has 0 fully saturated rings. The summed E-state index contributed by atoms with van der Waals surface area (Å²) in [5, 5.41) is 1.45. The Morgan fingerprint density at radius 1 is 1.00 bits per heavy atom. The van der Waals surface area contributed by atoms with Gasteiger partial charge in [-0.2, -0.15) is 4.31 Å². The van der Waals surface area contributed by atoms with Crippen LogP contribution < -0.4 is 5.56 Å². The first-order chi connectivity index (χ1) is 11.4. The van der Waals surface area contributed by atoms with Crippen molar-refractivity contribution in [1.82, 2.24) is 8.87 Å². The van der Waals surface area contributed by atoms with Gasteiger partial charge in [0.25, 0.3) is 5.56 Å². The zero-order valence-corrected chi connectivity index (χ0v) is 14.2. The van der Waals surface area contributed by atoms with Crippen LogP contribution in [0, 0.1) is 0 Å². The third kappa shape index (κ3) is 2.03. The molecule has 3 aromatic rings. The van der Waals surface area contributed by atoms with Gasteiger partial charge >= 0.3 is 0 Å². The number of fused-ring (bicyclic) bond motifs is 2. The lowest BCUT2D eigenvalue weighted by molar-refractivity contribution is 0.488. The SMILES string of the molecule is CN1Cc2ccc(-c3cn(C)c(=O)c4ccccc34)cc2S1(=O)=O. The number of benzene rings is 2. The van der Waals surface area contributed by atoms with Crippen LogP contribution in [0.1, 0.15) is 5.56 Å². The van der Waals surface area contributed by atoms with E-state index in [9.17, 15) is 13.2 Å². The minimum atomic E-state index is -3.42. The zero-order chi connectivity index (χ0) is 17.1. The van der Waals surface area contributed by atoms with Crippen LogP contribution in [-0.4, -0.2) is 24.3 Å². The molecular formula is C18H16N2O3S. The molecule has 0 amide bonds. The Morgan fingerprint density at radius 3 is 2.46 bits per heavy atom. The van der Waals surface area contributed by atoms with Gasteiger partial charge in [-0.05, 0) is 28.6 Å². The summed E-state index contributed by atoms with van der Waals surface area (Å²) in [5.41, 5.74) is 2.37. The molecule has 0 saturated heterocycles. The van der Waals surface area contributed by atoms with E-state index in [0.29, 0.717) is 16.8 Å². The van der Waals surface area contributed by atoms with Gasteiger partial charge in [-0.25, -0.2) is 8.42 Å². The predicted octanol–water partition coefficient (Wildman–Crippen LogP) is 2.34. The Labute approximate surface area is 139 Å². The van der Waals surface area contributed by atoms with Crippen molar-refractivity contribution in [3.63, 3.8) is 0 Å². The summed E-state index contributed by atoms with van der Waals surface area (Å²) in [6.45, 7) is 0.395. The highest BCUT2D eigenvalue weighted by atomic mass is 32.2. The third-order valence-corrected chi connectivity index (χ3v) is 6.44. The fourth-order valence-corrected chi connectivity index (χ4v) is 4.62. The van der Waals surface area contributed by atoms with E-state index in [1.807, 2.05) is 30.3 Å². The summed E-state index contributed by atoms with van der Waals surface area (Å²) in [7, 11) is -0.137. The second kappa shape index (κ2) is 5.03. The molecule has 5 nitrogen and oxygen atoms in total. The van der Waals surface area contributed by atoms with Gasteiger partial charge in [-0.3, -0.25) is 4.79 Å². The summed E-state index contributed by atoms with van der Waals surface area (Å²) < 4.78 is 27.7. The van der Waals surface area contributed by atoms with E-state index in [2.05, 4.69) is 0 Å². The first-order valence-electron chi connectivity index (χ1n) is 7.57. The average molecular weight is 340 g/mol. The molecule has 4 rings (SSSR count). The Hall–Kier alpha value is -2.44. The number of hydrogen-bond acceptors (Lipinski definition) is 3. The lowest BCUT2D eigenvalue weighted by Gasteiger charge is -2.11. The summed E-state index contributed by atoms with van der Waals surface area (Å²) >= 11 is 0. The molecular weight excluding hydrogens is 324 g/mol. The highest BCUT2D eigenvalue weighted by molar-refractivity contribution is 7.89. The van der Waals surface area contributed by atoms with E-state index < -0.39 is 10.0 Å². The Morgan fingerprint density at radius 2 is 1.71 bits per heavy atom. The number of aryl methyl sites for hydroxylation is 1. The minimum Gasteiger partial charge on any atom is -0.317 e. The third-order valence-electron chi connectivity index (χ3n) is 4.55. The number of nitrogens with zero attached hydrogens (tertiary/aromatic N) is 2. The number of rotatable bonds is 1. The van der Waals surface area contributed by atoms with Crippen LogP contribution >= 0.6 is 0 Å². The van der Waals surface area contributed by atoms with Gasteiger partial charge in [-0.15, -0.1) is 0 Å². The maximum atomic E-state index is 12.4. The van der Waals surface area contributed by atoms with Crippen LogP contribution in [0.15, 0.2) is 58.4 Å². The lowest BCUT2D eigenvalue weighted by atomic mass is 9.99. The van der Waals surface area contributed by atoms with Crippen LogP contribution in [0.3, 0.4) is 0 Å². The highest BCUT2D eigenvalue weighted by Gasteiger charge is 2.31. The Balaban J connectivity index is 2.03. The van der Waals surface area contributed by atoms with Crippen LogP contribution in [-0.2, 0) is 23.6 Å². The molecule has 0 aliphatic carbocycles. The molecule has 122 valence electrons. The van der Waals surface area contributed by atoms with Crippen molar-refractivity contribution in [1.29, 1.82) is 0 Å². The van der Waals surface area contributed by atoms with Gasteiger partial charge in [0.05, 0.1) is 4.90 Å². The van der Waals surface area contributed by atoms with Crippen molar-refractivity contribution in [3.05, 3.63) is 64.6 Å². The maximum absolute atomic E-state index is 12.4. The summed E-state index contributed by atoms with van der Waals surface area (Å²) in [4.78, 5) is 12.7. The van der Waals surface area contributed by atoms with Gasteiger partial charge < -0.3 is 4.57 Å². The van der Waals surface area contributed by atoms with E-state index in [0.717, 1.165) is 22.1 Å². The smallest absolute Gasteiger partial charge is 0.258 e. The molecule has 0 spiro atoms. The number of hydrogen-bond donors (Lipinski definition) is 0. The molecule has 0 saturated carbocycles. The monoisotopic (exact) mass is 340 g/mol. The summed E-state index contributed by atoms with van der Waals surface area (Å²) in [6, 6.07) is 12.9. The van der Waals surface area contributed by atoms with Gasteiger partial charge in [-0.1, -0.05) is 30.3 Å². The van der Waals surface area contributed by atoms with Crippen LogP contribution in [0.25, 0.3) is 21.9 Å². The molecule has 1 aliphatic rings. The fraction of sp³-hybridized carbons (Fsp3) is 0.167. The molecule has 0 bridgehead atoms. The molecule has 0 N–H and O–H groups in total. The molecule has 0 radical (unpaired) electrons. The van der Waals surface area contributed by atoms with E-state index in [1.54, 1.807) is 32.4 Å². The molecule has 2 heterocycles. The standard InChI is InChI=1S/C18H16N2O3S/c1-19-11-16(14-5-3-4-6-15(14)18(19)21)12-7-8-13-10-20(2)24(22,23)17(13)9-12/h3-9,11H,10H2,1-2H3. The normalized spacial score (nSPS) is 16.4. The van der Waals surface area contributed by atoms with Gasteiger partial charge in [0.1, 0.15) is 0 Å². The summed E-state index contributed by atoms with van der Waals surface area (Å²) in [5.74, 6) is 0. The Kier molecular flexibility index (Phi) is 3.16. The lowest BCUT2D eigenvalue weighted by Crippen LogP contribution is -2.18. The van der Waals surface area contributed by atoms with Gasteiger partial charge in [0, 0.05) is 37.8 Å². The quantitative estimate of drug-likeness (QED) is 0.683. The molecule has 24 heavy (non-hydrogen) atoms. The molecule has 0 atom stereocenters. The largest absolute Gasteiger partial charge is 0.317 e. The van der Waals surface area contributed by atoms with Crippen molar-refractivity contribution < 1.29 is 8.42 Å². The van der Waals surface area contributed by atoms with Gasteiger partial charge in [0.2, 0.25) is 10.0 Å². The van der Waals surface area contributed by atoms with Crippen molar-refractivity contribution in [2.75, 3.05) is 7.05 Å². The molecule has 2 aromatic carbocycles. The number of aromatic nitrogens is 1. The number of sulfonamides is 1. The number of pyridine rings is 1. The average Bonchev–Trinajstić information content (AvgIpc) is 2.80. The second-order valence-electron chi connectivity index (χ2n) is 6.09. The second-order valence-corrected chi connectivity index (χ2v) is 8.10. The summed E-state index contributed by atoms with van der Waals surface area (Å²) in [6.07, 6.45) is 1.76. The predicted molar refractivity (Wildman–Crippen MR) is 93.3 cm³/mol. The fourth-order valence-electron chi connectivity index (χ4n) is 3.23. The van der Waals surface area contributed by atoms with Crippen molar-refractivity contribution >= 4 is 20.8 Å². The van der Waals surface area contributed by atoms with E-state index in [1.165, 1.54) is 8.87 Å². The van der Waals surface area contributed by atoms with Crippen molar-refractivity contribution in [2.24, 2.45) is 7.05 Å². The van der Waals surface area contributed by atoms with Crippen LogP contribution in [0.4, 0.5) is 0 Å². The first kappa shape index (κ1) is 15.1. The van der Waals surface area contributed by atoms with Gasteiger partial charge in [0.15, 0.2) is 0 Å². The topological polar surface area (TPSA) is 59.4 Å². The molecule has 1 aliphatic heterocycles. The maximum Gasteiger partial charge on any atom is 0.258 e. The molecule has 0 unspecified atom stereocenters. The van der Waals surface area contributed by atoms with E-state index in [-0.39, 0.29) is 5.56 Å². The molecule has 6 heteroatoms. The van der Waals surface area contributed by atoms with E-state index in [4.69, 9.17) is 0 Å². The highest BCUT2D eigenvalue weighted by Crippen LogP contribution is 2.34. The first-order valence-corrected chi connectivity index (χ1v) is 9.01. The van der Waals surface area contributed by atoms with Crippen molar-refractivity contribution in [3.8, 4) is 11.1 Å². The molecule has 1 aromatic heterocycles. The zero-order valence-electron chi connectivity index (χ0n) is 13.4. The Bertz CT molecular complexity index is 1150. The van der Waals surface area contributed by atoms with Crippen LogP contribution in [0.5, 0.6) is 0 Å². The van der Waals surface area contributed by atoms with Crippen LogP contribution in [0.2, 0.25) is 0 Å².